The molecule has 0 unspecified atom stereocenters. The predicted octanol–water partition coefficient (Wildman–Crippen LogP) is 2.43. The summed E-state index contributed by atoms with van der Waals surface area (Å²) in [6.07, 6.45) is 1.67. The minimum atomic E-state index is -0.272. The molecule has 4 aromatic rings. The van der Waals surface area contributed by atoms with E-state index >= 15 is 0 Å². The summed E-state index contributed by atoms with van der Waals surface area (Å²) in [4.78, 5) is 34.3. The number of para-hydroxylation sites is 1. The number of nitrogens with zero attached hydrogens (tertiary/aromatic N) is 3. The Bertz CT molecular complexity index is 1180. The van der Waals surface area contributed by atoms with Crippen LogP contribution in [0.3, 0.4) is 0 Å². The third-order valence-corrected chi connectivity index (χ3v) is 4.65. The lowest BCUT2D eigenvalue weighted by molar-refractivity contribution is 0.0694. The molecule has 1 aliphatic rings. The number of carbonyl (C=O) groups is 2. The van der Waals surface area contributed by atoms with Gasteiger partial charge in [-0.25, -0.2) is 4.98 Å². The monoisotopic (exact) mass is 304 g/mol. The average Bonchev–Trinajstić information content (AvgIpc) is 3.18. The average molecular weight is 304 g/mol. The van der Waals surface area contributed by atoms with E-state index in [1.54, 1.807) is 10.9 Å². The summed E-state index contributed by atoms with van der Waals surface area (Å²) < 4.78 is 1.80. The lowest BCUT2D eigenvalue weighted by Gasteiger charge is -2.03. The first-order valence-electron chi connectivity index (χ1n) is 7.29. The Kier molecular flexibility index (Phi) is 2.04. The second-order valence-electron chi connectivity index (χ2n) is 5.89. The Morgan fingerprint density at radius 3 is 2.61 bits per heavy atom. The van der Waals surface area contributed by atoms with Crippen LogP contribution in [0.25, 0.3) is 32.8 Å². The van der Waals surface area contributed by atoms with Crippen LogP contribution in [-0.2, 0) is 7.05 Å². The third-order valence-electron chi connectivity index (χ3n) is 4.65. The minimum absolute atomic E-state index is 0.261. The summed E-state index contributed by atoms with van der Waals surface area (Å²) in [6.45, 7) is 0. The Morgan fingerprint density at radius 2 is 1.78 bits per heavy atom. The van der Waals surface area contributed by atoms with Crippen molar-refractivity contribution in [2.45, 2.75) is 0 Å². The lowest BCUT2D eigenvalue weighted by atomic mass is 10.00. The number of aryl methyl sites for hydroxylation is 1. The molecule has 0 spiro atoms. The first kappa shape index (κ1) is 12.4. The van der Waals surface area contributed by atoms with Crippen molar-refractivity contribution >= 4 is 44.7 Å². The summed E-state index contributed by atoms with van der Waals surface area (Å²) in [5.74, 6) is -0.534. The van der Waals surface area contributed by atoms with Gasteiger partial charge >= 0.3 is 0 Å². The van der Waals surface area contributed by atoms with Crippen molar-refractivity contribution in [3.63, 3.8) is 0 Å². The molecule has 0 saturated heterocycles. The van der Waals surface area contributed by atoms with Crippen molar-refractivity contribution in [1.29, 1.82) is 0 Å². The van der Waals surface area contributed by atoms with Crippen LogP contribution < -0.4 is 0 Å². The van der Waals surface area contributed by atoms with Crippen molar-refractivity contribution in [2.75, 3.05) is 7.05 Å². The highest BCUT2D eigenvalue weighted by Gasteiger charge is 2.39. The highest BCUT2D eigenvalue weighted by molar-refractivity contribution is 6.35. The van der Waals surface area contributed by atoms with Crippen LogP contribution in [0.15, 0.2) is 30.6 Å². The predicted molar refractivity (Wildman–Crippen MR) is 86.5 cm³/mol. The SMILES string of the molecule is CN1C(=O)c2c(c3c(ncn3C)c3[nH]c4ccccc4c23)C1=O. The highest BCUT2D eigenvalue weighted by Crippen LogP contribution is 2.40. The number of hydrogen-bond acceptors (Lipinski definition) is 3. The molecule has 6 nitrogen and oxygen atoms in total. The molecule has 1 aliphatic heterocycles. The minimum Gasteiger partial charge on any atom is -0.353 e. The van der Waals surface area contributed by atoms with Crippen molar-refractivity contribution < 1.29 is 9.59 Å². The number of hydrogen-bond donors (Lipinski definition) is 1. The standard InChI is InChI=1S/C17H12N4O2/c1-20-7-18-14-13-10(8-5-3-4-6-9(8)19-13)11-12(15(14)20)17(23)21(2)16(11)22/h3-7,19H,1-2H3. The van der Waals surface area contributed by atoms with Crippen LogP contribution in [0, 0.1) is 0 Å². The summed E-state index contributed by atoms with van der Waals surface area (Å²) in [5.41, 5.74) is 4.07. The van der Waals surface area contributed by atoms with Crippen LogP contribution in [0.2, 0.25) is 0 Å². The highest BCUT2D eigenvalue weighted by atomic mass is 16.2. The number of fused-ring (bicyclic) bond motifs is 8. The maximum atomic E-state index is 12.7. The number of carbonyl (C=O) groups excluding carboxylic acids is 2. The molecule has 0 atom stereocenters. The van der Waals surface area contributed by atoms with Gasteiger partial charge < -0.3 is 9.55 Å². The smallest absolute Gasteiger partial charge is 0.263 e. The van der Waals surface area contributed by atoms with Gasteiger partial charge in [-0.1, -0.05) is 18.2 Å². The van der Waals surface area contributed by atoms with Crippen LogP contribution in [-0.4, -0.2) is 38.3 Å². The number of aromatic amines is 1. The van der Waals surface area contributed by atoms with Crippen LogP contribution in [0.5, 0.6) is 0 Å². The lowest BCUT2D eigenvalue weighted by Crippen LogP contribution is -2.24. The van der Waals surface area contributed by atoms with Crippen molar-refractivity contribution in [3.8, 4) is 0 Å². The molecule has 0 aliphatic carbocycles. The van der Waals surface area contributed by atoms with Crippen LogP contribution in [0.4, 0.5) is 0 Å². The zero-order valence-corrected chi connectivity index (χ0v) is 12.5. The third kappa shape index (κ3) is 1.27. The number of H-pyrrole nitrogens is 1. The molecule has 112 valence electrons. The van der Waals surface area contributed by atoms with Gasteiger partial charge in [0.15, 0.2) is 0 Å². The normalized spacial score (nSPS) is 14.6. The number of imide groups is 1. The second-order valence-corrected chi connectivity index (χ2v) is 5.89. The van der Waals surface area contributed by atoms with Crippen LogP contribution >= 0.6 is 0 Å². The number of benzene rings is 2. The van der Waals surface area contributed by atoms with E-state index in [-0.39, 0.29) is 11.8 Å². The molecule has 0 radical (unpaired) electrons. The molecule has 1 N–H and O–H groups in total. The molecule has 6 heteroatoms. The topological polar surface area (TPSA) is 71.0 Å². The van der Waals surface area contributed by atoms with Gasteiger partial charge in [0.1, 0.15) is 5.52 Å². The Balaban J connectivity index is 2.18. The van der Waals surface area contributed by atoms with Crippen molar-refractivity contribution in [3.05, 3.63) is 41.7 Å². The van der Waals surface area contributed by atoms with Crippen LogP contribution in [0.1, 0.15) is 20.7 Å². The Morgan fingerprint density at radius 1 is 1.04 bits per heavy atom. The zero-order valence-electron chi connectivity index (χ0n) is 12.5. The van der Waals surface area contributed by atoms with Crippen molar-refractivity contribution in [2.24, 2.45) is 7.05 Å². The molecule has 2 aromatic carbocycles. The fourth-order valence-electron chi connectivity index (χ4n) is 3.58. The fraction of sp³-hybridized carbons (Fsp3) is 0.118. The maximum Gasteiger partial charge on any atom is 0.263 e. The maximum absolute atomic E-state index is 12.7. The second kappa shape index (κ2) is 3.78. The number of rotatable bonds is 0. The van der Waals surface area contributed by atoms with E-state index in [2.05, 4.69) is 9.97 Å². The summed E-state index contributed by atoms with van der Waals surface area (Å²) in [6, 6.07) is 7.78. The van der Waals surface area contributed by atoms with E-state index in [1.165, 1.54) is 11.9 Å². The van der Waals surface area contributed by atoms with E-state index in [1.807, 2.05) is 31.3 Å². The Labute approximate surface area is 130 Å². The molecule has 3 heterocycles. The number of nitrogens with one attached hydrogen (secondary N) is 1. The molecule has 2 amide bonds. The quantitative estimate of drug-likeness (QED) is 0.507. The first-order chi connectivity index (χ1) is 11.1. The van der Waals surface area contributed by atoms with E-state index in [9.17, 15) is 9.59 Å². The first-order valence-corrected chi connectivity index (χ1v) is 7.29. The zero-order chi connectivity index (χ0) is 15.9. The molecular weight excluding hydrogens is 292 g/mol. The van der Waals surface area contributed by atoms with E-state index < -0.39 is 0 Å². The molecule has 23 heavy (non-hydrogen) atoms. The molecule has 5 rings (SSSR count). The molecule has 2 aromatic heterocycles. The van der Waals surface area contributed by atoms with Gasteiger partial charge in [0.25, 0.3) is 11.8 Å². The fourth-order valence-corrected chi connectivity index (χ4v) is 3.58. The molecule has 0 fully saturated rings. The number of amides is 2. The van der Waals surface area contributed by atoms with Gasteiger partial charge in [-0.3, -0.25) is 14.5 Å². The molecular formula is C17H12N4O2. The summed E-state index contributed by atoms with van der Waals surface area (Å²) >= 11 is 0. The molecule has 0 bridgehead atoms. The van der Waals surface area contributed by atoms with E-state index in [0.29, 0.717) is 22.2 Å². The van der Waals surface area contributed by atoms with Gasteiger partial charge in [-0.05, 0) is 6.07 Å². The van der Waals surface area contributed by atoms with Gasteiger partial charge in [0.05, 0.1) is 28.5 Å². The number of aromatic nitrogens is 3. The van der Waals surface area contributed by atoms with Gasteiger partial charge in [0, 0.05) is 30.4 Å². The largest absolute Gasteiger partial charge is 0.353 e. The van der Waals surface area contributed by atoms with Gasteiger partial charge in [-0.15, -0.1) is 0 Å². The van der Waals surface area contributed by atoms with E-state index in [0.717, 1.165) is 21.8 Å². The Hall–Kier alpha value is -3.15. The van der Waals surface area contributed by atoms with Crippen molar-refractivity contribution in [1.82, 2.24) is 19.4 Å². The van der Waals surface area contributed by atoms with E-state index in [4.69, 9.17) is 0 Å². The van der Waals surface area contributed by atoms with Gasteiger partial charge in [0.2, 0.25) is 0 Å². The molecule has 0 saturated carbocycles. The number of imidazole rings is 1. The summed E-state index contributed by atoms with van der Waals surface area (Å²) in [5, 5.41) is 1.72. The van der Waals surface area contributed by atoms with Gasteiger partial charge in [-0.2, -0.15) is 0 Å². The summed E-state index contributed by atoms with van der Waals surface area (Å²) in [7, 11) is 3.35.